The molecule has 0 aliphatic carbocycles. The highest BCUT2D eigenvalue weighted by atomic mass is 35.5. The normalized spacial score (nSPS) is 11.4. The van der Waals surface area contributed by atoms with Crippen LogP contribution >= 0.6 is 23.2 Å². The van der Waals surface area contributed by atoms with Gasteiger partial charge in [0.2, 0.25) is 0 Å². The topological polar surface area (TPSA) is 9.23 Å². The Bertz CT molecular complexity index is 612. The molecule has 0 aliphatic heterocycles. The van der Waals surface area contributed by atoms with Crippen molar-refractivity contribution in [1.82, 2.24) is 0 Å². The lowest BCUT2D eigenvalue weighted by Crippen LogP contribution is -2.08. The molecule has 0 N–H and O–H groups in total. The molecule has 0 atom stereocenters. The molecule has 0 heterocycles. The van der Waals surface area contributed by atoms with Crippen molar-refractivity contribution >= 4 is 23.2 Å². The van der Waals surface area contributed by atoms with Crippen molar-refractivity contribution < 1.29 is 17.9 Å². The van der Waals surface area contributed by atoms with Crippen molar-refractivity contribution in [3.05, 3.63) is 58.6 Å². The quantitative estimate of drug-likeness (QED) is 0.641. The lowest BCUT2D eigenvalue weighted by molar-refractivity contribution is -0.138. The SMILES string of the molecule is FC(F)(F)c1cc(Oc2cccc(Cl)c2)ccc1CCl. The third kappa shape index (κ3) is 3.58. The Morgan fingerprint density at radius 2 is 1.70 bits per heavy atom. The van der Waals surface area contributed by atoms with Crippen LogP contribution in [0.3, 0.4) is 0 Å². The Kier molecular flexibility index (Phi) is 4.45. The average molecular weight is 321 g/mol. The molecule has 2 aromatic rings. The largest absolute Gasteiger partial charge is 0.457 e. The van der Waals surface area contributed by atoms with Crippen LogP contribution in [0.4, 0.5) is 13.2 Å². The molecule has 0 saturated heterocycles. The predicted molar refractivity (Wildman–Crippen MR) is 72.5 cm³/mol. The van der Waals surface area contributed by atoms with Crippen molar-refractivity contribution in [2.45, 2.75) is 12.1 Å². The zero-order valence-electron chi connectivity index (χ0n) is 10.0. The summed E-state index contributed by atoms with van der Waals surface area (Å²) < 4.78 is 44.0. The van der Waals surface area contributed by atoms with Gasteiger partial charge in [-0.2, -0.15) is 13.2 Å². The van der Waals surface area contributed by atoms with Crippen molar-refractivity contribution in [1.29, 1.82) is 0 Å². The van der Waals surface area contributed by atoms with Crippen LogP contribution in [0.1, 0.15) is 11.1 Å². The first kappa shape index (κ1) is 15.0. The highest BCUT2D eigenvalue weighted by Gasteiger charge is 2.33. The van der Waals surface area contributed by atoms with Crippen LogP contribution in [-0.2, 0) is 12.1 Å². The summed E-state index contributed by atoms with van der Waals surface area (Å²) in [4.78, 5) is 0. The van der Waals surface area contributed by atoms with Gasteiger partial charge in [0.05, 0.1) is 5.56 Å². The van der Waals surface area contributed by atoms with Crippen molar-refractivity contribution in [3.8, 4) is 11.5 Å². The maximum atomic E-state index is 12.9. The van der Waals surface area contributed by atoms with Gasteiger partial charge in [0.1, 0.15) is 11.5 Å². The second-order valence-electron chi connectivity index (χ2n) is 4.01. The molecule has 0 fully saturated rings. The fourth-order valence-electron chi connectivity index (χ4n) is 1.67. The third-order valence-corrected chi connectivity index (χ3v) is 3.09. The molecule has 0 unspecified atom stereocenters. The number of ether oxygens (including phenoxy) is 1. The molecule has 20 heavy (non-hydrogen) atoms. The summed E-state index contributed by atoms with van der Waals surface area (Å²) in [5.74, 6) is 0.226. The maximum absolute atomic E-state index is 12.9. The summed E-state index contributed by atoms with van der Waals surface area (Å²) in [6.07, 6.45) is -4.47. The number of hydrogen-bond acceptors (Lipinski definition) is 1. The first-order valence-corrected chi connectivity index (χ1v) is 6.51. The average Bonchev–Trinajstić information content (AvgIpc) is 2.37. The van der Waals surface area contributed by atoms with E-state index in [-0.39, 0.29) is 17.2 Å². The molecule has 0 bridgehead atoms. The number of alkyl halides is 4. The fourth-order valence-corrected chi connectivity index (χ4v) is 2.08. The van der Waals surface area contributed by atoms with Gasteiger partial charge in [-0.25, -0.2) is 0 Å². The molecule has 106 valence electrons. The van der Waals surface area contributed by atoms with Crippen molar-refractivity contribution in [3.63, 3.8) is 0 Å². The summed E-state index contributed by atoms with van der Waals surface area (Å²) in [5, 5.41) is 0.441. The van der Waals surface area contributed by atoms with Crippen LogP contribution < -0.4 is 4.74 Å². The Hall–Kier alpha value is -1.39. The molecular formula is C14H9Cl2F3O. The molecule has 0 spiro atoms. The third-order valence-electron chi connectivity index (χ3n) is 2.56. The van der Waals surface area contributed by atoms with Gasteiger partial charge in [-0.05, 0) is 35.9 Å². The summed E-state index contributed by atoms with van der Waals surface area (Å²) in [6.45, 7) is 0. The smallest absolute Gasteiger partial charge is 0.416 e. The van der Waals surface area contributed by atoms with Crippen LogP contribution in [0.2, 0.25) is 5.02 Å². The van der Waals surface area contributed by atoms with Gasteiger partial charge in [-0.1, -0.05) is 23.7 Å². The molecule has 0 saturated carbocycles. The Balaban J connectivity index is 2.34. The van der Waals surface area contributed by atoms with E-state index < -0.39 is 11.7 Å². The molecular weight excluding hydrogens is 312 g/mol. The second kappa shape index (κ2) is 5.94. The fraction of sp³-hybridized carbons (Fsp3) is 0.143. The highest BCUT2D eigenvalue weighted by Crippen LogP contribution is 2.36. The minimum atomic E-state index is -4.47. The number of benzene rings is 2. The molecule has 2 rings (SSSR count). The van der Waals surface area contributed by atoms with Crippen LogP contribution in [0.15, 0.2) is 42.5 Å². The zero-order chi connectivity index (χ0) is 14.8. The van der Waals surface area contributed by atoms with Gasteiger partial charge in [0.25, 0.3) is 0 Å². The van der Waals surface area contributed by atoms with E-state index in [0.29, 0.717) is 10.8 Å². The first-order valence-electron chi connectivity index (χ1n) is 5.59. The van der Waals surface area contributed by atoms with Crippen LogP contribution in [-0.4, -0.2) is 0 Å². The molecule has 2 aromatic carbocycles. The number of rotatable bonds is 3. The summed E-state index contributed by atoms with van der Waals surface area (Å²) in [7, 11) is 0. The monoisotopic (exact) mass is 320 g/mol. The highest BCUT2D eigenvalue weighted by molar-refractivity contribution is 6.30. The van der Waals surface area contributed by atoms with Crippen molar-refractivity contribution in [2.24, 2.45) is 0 Å². The molecule has 6 heteroatoms. The molecule has 0 amide bonds. The Morgan fingerprint density at radius 3 is 2.30 bits per heavy atom. The van der Waals surface area contributed by atoms with E-state index in [1.807, 2.05) is 0 Å². The number of halogens is 5. The van der Waals surface area contributed by atoms with Gasteiger partial charge >= 0.3 is 6.18 Å². The lowest BCUT2D eigenvalue weighted by Gasteiger charge is -2.13. The van der Waals surface area contributed by atoms with Gasteiger partial charge in [-0.3, -0.25) is 0 Å². The standard InChI is InChI=1S/C14H9Cl2F3O/c15-8-9-4-5-12(7-13(9)14(17,18)19)20-11-3-1-2-10(16)6-11/h1-7H,8H2. The molecule has 0 radical (unpaired) electrons. The zero-order valence-corrected chi connectivity index (χ0v) is 11.6. The Labute approximate surface area is 123 Å². The maximum Gasteiger partial charge on any atom is 0.416 e. The van der Waals surface area contributed by atoms with E-state index in [2.05, 4.69) is 0 Å². The second-order valence-corrected chi connectivity index (χ2v) is 4.71. The number of hydrogen-bond donors (Lipinski definition) is 0. The van der Waals surface area contributed by atoms with Crippen LogP contribution in [0.25, 0.3) is 0 Å². The molecule has 1 nitrogen and oxygen atoms in total. The minimum Gasteiger partial charge on any atom is -0.457 e. The molecule has 0 aromatic heterocycles. The minimum absolute atomic E-state index is 0.0117. The van der Waals surface area contributed by atoms with Crippen molar-refractivity contribution in [2.75, 3.05) is 0 Å². The van der Waals surface area contributed by atoms with E-state index in [9.17, 15) is 13.2 Å². The van der Waals surface area contributed by atoms with Crippen LogP contribution in [0, 0.1) is 0 Å². The summed E-state index contributed by atoms with van der Waals surface area (Å²) >= 11 is 11.3. The lowest BCUT2D eigenvalue weighted by atomic mass is 10.1. The van der Waals surface area contributed by atoms with Gasteiger partial charge in [0, 0.05) is 10.9 Å². The summed E-state index contributed by atoms with van der Waals surface area (Å²) in [6, 6.07) is 10.1. The summed E-state index contributed by atoms with van der Waals surface area (Å²) in [5.41, 5.74) is -0.787. The van der Waals surface area contributed by atoms with E-state index in [1.165, 1.54) is 18.2 Å². The Morgan fingerprint density at radius 1 is 1.00 bits per heavy atom. The van der Waals surface area contributed by atoms with Gasteiger partial charge < -0.3 is 4.74 Å². The molecule has 0 aliphatic rings. The first-order chi connectivity index (χ1) is 9.40. The van der Waals surface area contributed by atoms with E-state index >= 15 is 0 Å². The van der Waals surface area contributed by atoms with E-state index in [0.717, 1.165) is 6.07 Å². The predicted octanol–water partition coefficient (Wildman–Crippen LogP) is 5.89. The van der Waals surface area contributed by atoms with Gasteiger partial charge in [-0.15, -0.1) is 11.6 Å². The van der Waals surface area contributed by atoms with E-state index in [1.54, 1.807) is 18.2 Å². The van der Waals surface area contributed by atoms with E-state index in [4.69, 9.17) is 27.9 Å². The van der Waals surface area contributed by atoms with Gasteiger partial charge in [0.15, 0.2) is 0 Å². The van der Waals surface area contributed by atoms with Crippen LogP contribution in [0.5, 0.6) is 11.5 Å².